The first-order valence-electron chi connectivity index (χ1n) is 3.54. The van der Waals surface area contributed by atoms with Crippen molar-refractivity contribution >= 4 is 0 Å². The largest absolute Gasteiger partial charge is 2.00 e. The van der Waals surface area contributed by atoms with E-state index in [-0.39, 0.29) is 57.1 Å². The van der Waals surface area contributed by atoms with Gasteiger partial charge in [0.2, 0.25) is 0 Å². The quantitative estimate of drug-likeness (QED) is 0.445. The summed E-state index contributed by atoms with van der Waals surface area (Å²) in [6, 6.07) is 0. The zero-order valence-electron chi connectivity index (χ0n) is 7.47. The van der Waals surface area contributed by atoms with Crippen LogP contribution in [0, 0.1) is 0 Å². The zero-order chi connectivity index (χ0) is 7.14. The molecule has 0 N–H and O–H groups in total. The van der Waals surface area contributed by atoms with Gasteiger partial charge in [0.15, 0.2) is 0 Å². The van der Waals surface area contributed by atoms with Crippen molar-refractivity contribution in [1.29, 1.82) is 0 Å². The first-order valence-corrected chi connectivity index (χ1v) is 3.54. The molecule has 0 amide bonds. The molecule has 1 aliphatic carbocycles. The van der Waals surface area contributed by atoms with E-state index in [1.807, 2.05) is 0 Å². The number of hydrogen-bond acceptors (Lipinski definition) is 1. The molecule has 2 rings (SSSR count). The second-order valence-corrected chi connectivity index (χ2v) is 2.84. The van der Waals surface area contributed by atoms with E-state index in [0.29, 0.717) is 0 Å². The minimum absolute atomic E-state index is 0. The van der Waals surface area contributed by atoms with Crippen LogP contribution < -0.4 is 24.8 Å². The molecule has 0 aromatic rings. The Morgan fingerprint density at radius 2 is 1.85 bits per heavy atom. The SMILES string of the molecule is CC1=CC2=CC(C)OC2=C1.[Cl-].[Cl-].[Zr+2]. The van der Waals surface area contributed by atoms with Gasteiger partial charge in [-0.15, -0.1) is 0 Å². The maximum Gasteiger partial charge on any atom is 2.00 e. The van der Waals surface area contributed by atoms with Crippen LogP contribution in [0.1, 0.15) is 13.8 Å². The smallest absolute Gasteiger partial charge is 1.00 e. The van der Waals surface area contributed by atoms with Crippen LogP contribution in [0.3, 0.4) is 0 Å². The van der Waals surface area contributed by atoms with Gasteiger partial charge in [0.1, 0.15) is 11.9 Å². The summed E-state index contributed by atoms with van der Waals surface area (Å²) in [5.41, 5.74) is 2.54. The Kier molecular flexibility index (Phi) is 7.43. The van der Waals surface area contributed by atoms with Gasteiger partial charge < -0.3 is 29.6 Å². The van der Waals surface area contributed by atoms with Gasteiger partial charge >= 0.3 is 26.2 Å². The van der Waals surface area contributed by atoms with Gasteiger partial charge in [-0.25, -0.2) is 0 Å². The second kappa shape index (κ2) is 6.06. The van der Waals surface area contributed by atoms with Crippen molar-refractivity contribution in [2.45, 2.75) is 20.0 Å². The molecule has 13 heavy (non-hydrogen) atoms. The number of halogens is 2. The van der Waals surface area contributed by atoms with Crippen LogP contribution in [0.2, 0.25) is 0 Å². The topological polar surface area (TPSA) is 9.23 Å². The molecule has 1 unspecified atom stereocenters. The molecule has 0 fully saturated rings. The molecule has 70 valence electrons. The van der Waals surface area contributed by atoms with Gasteiger partial charge in [-0.1, -0.05) is 0 Å². The fourth-order valence-electron chi connectivity index (χ4n) is 1.37. The summed E-state index contributed by atoms with van der Waals surface area (Å²) >= 11 is 0. The van der Waals surface area contributed by atoms with Gasteiger partial charge in [-0.2, -0.15) is 0 Å². The van der Waals surface area contributed by atoms with Crippen LogP contribution in [0.5, 0.6) is 0 Å². The minimum Gasteiger partial charge on any atom is -1.00 e. The van der Waals surface area contributed by atoms with Gasteiger partial charge in [0, 0.05) is 5.57 Å². The summed E-state index contributed by atoms with van der Waals surface area (Å²) in [5.74, 6) is 1.05. The Morgan fingerprint density at radius 3 is 2.38 bits per heavy atom. The van der Waals surface area contributed by atoms with Crippen LogP contribution in [0.15, 0.2) is 35.1 Å². The third-order valence-corrected chi connectivity index (χ3v) is 1.75. The van der Waals surface area contributed by atoms with Gasteiger partial charge in [-0.3, -0.25) is 0 Å². The van der Waals surface area contributed by atoms with Crippen molar-refractivity contribution in [1.82, 2.24) is 0 Å². The first kappa shape index (κ1) is 15.9. The van der Waals surface area contributed by atoms with Crippen molar-refractivity contribution in [3.05, 3.63) is 35.1 Å². The molecular weight excluding hydrogens is 286 g/mol. The van der Waals surface area contributed by atoms with Crippen molar-refractivity contribution in [2.24, 2.45) is 0 Å². The van der Waals surface area contributed by atoms with Gasteiger partial charge in [0.25, 0.3) is 0 Å². The summed E-state index contributed by atoms with van der Waals surface area (Å²) < 4.78 is 5.47. The molecule has 4 heteroatoms. The normalized spacial score (nSPS) is 22.0. The maximum atomic E-state index is 5.47. The number of fused-ring (bicyclic) bond motifs is 1. The molecule has 0 aromatic carbocycles. The van der Waals surface area contributed by atoms with Crippen molar-refractivity contribution in [3.8, 4) is 0 Å². The summed E-state index contributed by atoms with van der Waals surface area (Å²) in [6.45, 7) is 4.13. The molecule has 0 saturated carbocycles. The molecule has 1 heterocycles. The molecule has 1 atom stereocenters. The zero-order valence-corrected chi connectivity index (χ0v) is 11.4. The molecule has 0 bridgehead atoms. The van der Waals surface area contributed by atoms with E-state index in [9.17, 15) is 0 Å². The Morgan fingerprint density at radius 1 is 1.23 bits per heavy atom. The Hall–Kier alpha value is 0.483. The Labute approximate surface area is 110 Å². The van der Waals surface area contributed by atoms with Crippen molar-refractivity contribution in [3.63, 3.8) is 0 Å². The summed E-state index contributed by atoms with van der Waals surface area (Å²) in [7, 11) is 0. The Bertz CT molecular complexity index is 269. The van der Waals surface area contributed by atoms with Gasteiger partial charge in [-0.05, 0) is 37.6 Å². The molecule has 0 aromatic heterocycles. The molecule has 1 nitrogen and oxygen atoms in total. The predicted molar refractivity (Wildman–Crippen MR) is 40.5 cm³/mol. The molecular formula is C9H10Cl2OZr. The van der Waals surface area contributed by atoms with E-state index in [1.54, 1.807) is 0 Å². The number of hydrogen-bond donors (Lipinski definition) is 0. The van der Waals surface area contributed by atoms with E-state index in [2.05, 4.69) is 32.1 Å². The van der Waals surface area contributed by atoms with Gasteiger partial charge in [0.05, 0.1) is 0 Å². The Balaban J connectivity index is 0. The average Bonchev–Trinajstić information content (AvgIpc) is 2.21. The van der Waals surface area contributed by atoms with Crippen LogP contribution in [-0.2, 0) is 30.9 Å². The molecule has 0 saturated heterocycles. The summed E-state index contributed by atoms with van der Waals surface area (Å²) in [6.07, 6.45) is 6.64. The average molecular weight is 296 g/mol. The summed E-state index contributed by atoms with van der Waals surface area (Å²) in [5, 5.41) is 0. The van der Waals surface area contributed by atoms with Crippen LogP contribution >= 0.6 is 0 Å². The van der Waals surface area contributed by atoms with Crippen LogP contribution in [-0.4, -0.2) is 6.10 Å². The molecule has 1 aliphatic heterocycles. The van der Waals surface area contributed by atoms with Crippen LogP contribution in [0.25, 0.3) is 0 Å². The fraction of sp³-hybridized carbons (Fsp3) is 0.333. The number of rotatable bonds is 0. The number of ether oxygens (including phenoxy) is 1. The molecule has 0 radical (unpaired) electrons. The van der Waals surface area contributed by atoms with E-state index < -0.39 is 0 Å². The predicted octanol–water partition coefficient (Wildman–Crippen LogP) is -3.82. The van der Waals surface area contributed by atoms with Crippen molar-refractivity contribution in [2.75, 3.05) is 0 Å². The molecule has 0 spiro atoms. The molecule has 2 aliphatic rings. The summed E-state index contributed by atoms with van der Waals surface area (Å²) in [4.78, 5) is 0. The van der Waals surface area contributed by atoms with Crippen LogP contribution in [0.4, 0.5) is 0 Å². The standard InChI is InChI=1S/C9H10O.2ClH.Zr/c1-6-3-8-5-7(2)10-9(8)4-6;;;/h3-5,7H,1-2H3;2*1H;/q;;;+2/p-2. The minimum atomic E-state index is 0. The number of allylic oxidation sites excluding steroid dienone is 3. The second-order valence-electron chi connectivity index (χ2n) is 2.84. The van der Waals surface area contributed by atoms with E-state index >= 15 is 0 Å². The van der Waals surface area contributed by atoms with E-state index in [0.717, 1.165) is 5.76 Å². The maximum absolute atomic E-state index is 5.47. The third kappa shape index (κ3) is 3.27. The van der Waals surface area contributed by atoms with E-state index in [4.69, 9.17) is 4.74 Å². The van der Waals surface area contributed by atoms with Crippen molar-refractivity contribution < 1.29 is 55.8 Å². The first-order chi connectivity index (χ1) is 4.75. The third-order valence-electron chi connectivity index (χ3n) is 1.75. The fourth-order valence-corrected chi connectivity index (χ4v) is 1.37. The van der Waals surface area contributed by atoms with E-state index in [1.165, 1.54) is 11.1 Å². The monoisotopic (exact) mass is 294 g/mol.